The van der Waals surface area contributed by atoms with Crippen molar-refractivity contribution in [3.8, 4) is 0 Å². The fourth-order valence-electron chi connectivity index (χ4n) is 0.830. The Morgan fingerprint density at radius 2 is 1.80 bits per heavy atom. The van der Waals surface area contributed by atoms with Gasteiger partial charge >= 0.3 is 5.97 Å². The van der Waals surface area contributed by atoms with Gasteiger partial charge in [-0.25, -0.2) is 13.1 Å². The minimum Gasteiger partial charge on any atom is -0.480 e. The maximum Gasteiger partial charge on any atom is 0.323 e. The smallest absolute Gasteiger partial charge is 0.323 e. The molecule has 0 radical (unpaired) electrons. The molecule has 0 aromatic rings. The minimum atomic E-state index is -3.93. The molecule has 0 rings (SSSR count). The number of rotatable bonds is 6. The standard InChI is InChI=1S/C8H17NO5S/c1-5(2)7(4-10)9-15(13,14)6(3)8(11)12/h5-7,9-10H,4H2,1-3H3,(H,11,12). The van der Waals surface area contributed by atoms with E-state index in [4.69, 9.17) is 10.2 Å². The second-order valence-electron chi connectivity index (χ2n) is 3.68. The molecule has 2 unspecified atom stereocenters. The van der Waals surface area contributed by atoms with E-state index in [0.717, 1.165) is 6.92 Å². The van der Waals surface area contributed by atoms with Crippen molar-refractivity contribution in [3.63, 3.8) is 0 Å². The monoisotopic (exact) mass is 239 g/mol. The molecule has 0 aromatic carbocycles. The summed E-state index contributed by atoms with van der Waals surface area (Å²) in [6.07, 6.45) is 0. The number of aliphatic hydroxyl groups is 1. The zero-order valence-electron chi connectivity index (χ0n) is 8.97. The Kier molecular flexibility index (Phi) is 5.19. The van der Waals surface area contributed by atoms with E-state index in [0.29, 0.717) is 0 Å². The lowest BCUT2D eigenvalue weighted by Gasteiger charge is -2.21. The van der Waals surface area contributed by atoms with Gasteiger partial charge in [-0.2, -0.15) is 0 Å². The Morgan fingerprint density at radius 1 is 1.33 bits per heavy atom. The van der Waals surface area contributed by atoms with Crippen LogP contribution in [0.5, 0.6) is 0 Å². The number of carboxylic acid groups (broad SMARTS) is 1. The molecule has 0 amide bonds. The van der Waals surface area contributed by atoms with Gasteiger partial charge in [-0.15, -0.1) is 0 Å². The molecule has 0 aliphatic heterocycles. The van der Waals surface area contributed by atoms with E-state index in [-0.39, 0.29) is 12.5 Å². The minimum absolute atomic E-state index is 0.106. The van der Waals surface area contributed by atoms with Crippen LogP contribution in [0.25, 0.3) is 0 Å². The van der Waals surface area contributed by atoms with E-state index in [9.17, 15) is 13.2 Å². The van der Waals surface area contributed by atoms with Crippen molar-refractivity contribution in [3.05, 3.63) is 0 Å². The summed E-state index contributed by atoms with van der Waals surface area (Å²) < 4.78 is 25.1. The van der Waals surface area contributed by atoms with Crippen LogP contribution in [-0.2, 0) is 14.8 Å². The lowest BCUT2D eigenvalue weighted by atomic mass is 10.1. The summed E-state index contributed by atoms with van der Waals surface area (Å²) in [7, 11) is -3.93. The Bertz CT molecular complexity index is 311. The third-order valence-corrected chi connectivity index (χ3v) is 3.89. The van der Waals surface area contributed by atoms with Gasteiger partial charge in [0.25, 0.3) is 0 Å². The van der Waals surface area contributed by atoms with Gasteiger partial charge in [0.15, 0.2) is 5.25 Å². The molecule has 15 heavy (non-hydrogen) atoms. The maximum atomic E-state index is 11.4. The van der Waals surface area contributed by atoms with Crippen LogP contribution in [0, 0.1) is 5.92 Å². The fourth-order valence-corrected chi connectivity index (χ4v) is 2.07. The number of hydrogen-bond acceptors (Lipinski definition) is 4. The zero-order chi connectivity index (χ0) is 12.2. The van der Waals surface area contributed by atoms with E-state index in [1.165, 1.54) is 0 Å². The first-order valence-electron chi connectivity index (χ1n) is 4.57. The Labute approximate surface area is 89.4 Å². The molecule has 90 valence electrons. The summed E-state index contributed by atoms with van der Waals surface area (Å²) in [4.78, 5) is 10.5. The first-order valence-corrected chi connectivity index (χ1v) is 6.11. The largest absolute Gasteiger partial charge is 0.480 e. The molecule has 0 aliphatic carbocycles. The summed E-state index contributed by atoms with van der Waals surface area (Å²) in [5.74, 6) is -1.52. The summed E-state index contributed by atoms with van der Waals surface area (Å²) in [5, 5.41) is 15.9. The molecule has 0 fully saturated rings. The van der Waals surface area contributed by atoms with Gasteiger partial charge in [0.05, 0.1) is 6.61 Å². The summed E-state index contributed by atoms with van der Waals surface area (Å²) in [6.45, 7) is 4.19. The third-order valence-electron chi connectivity index (χ3n) is 2.13. The molecule has 0 heterocycles. The molecule has 0 bridgehead atoms. The average molecular weight is 239 g/mol. The summed E-state index contributed by atoms with van der Waals surface area (Å²) >= 11 is 0. The van der Waals surface area contributed by atoms with Gasteiger partial charge in [-0.1, -0.05) is 13.8 Å². The van der Waals surface area contributed by atoms with Gasteiger partial charge < -0.3 is 10.2 Å². The van der Waals surface area contributed by atoms with Gasteiger partial charge in [-0.3, -0.25) is 4.79 Å². The Balaban J connectivity index is 4.70. The molecule has 0 aromatic heterocycles. The Morgan fingerprint density at radius 3 is 2.07 bits per heavy atom. The first-order chi connectivity index (χ1) is 6.72. The second-order valence-corrected chi connectivity index (χ2v) is 5.71. The number of sulfonamides is 1. The predicted octanol–water partition coefficient (Wildman–Crippen LogP) is -0.604. The van der Waals surface area contributed by atoms with Gasteiger partial charge in [-0.05, 0) is 12.8 Å². The van der Waals surface area contributed by atoms with Gasteiger partial charge in [0.1, 0.15) is 0 Å². The highest BCUT2D eigenvalue weighted by Gasteiger charge is 2.30. The lowest BCUT2D eigenvalue weighted by molar-refractivity contribution is -0.136. The number of hydrogen-bond donors (Lipinski definition) is 3. The number of carboxylic acids is 1. The van der Waals surface area contributed by atoms with Crippen molar-refractivity contribution in [2.45, 2.75) is 32.1 Å². The van der Waals surface area contributed by atoms with E-state index < -0.39 is 27.3 Å². The highest BCUT2D eigenvalue weighted by atomic mass is 32.2. The maximum absolute atomic E-state index is 11.4. The molecule has 7 heteroatoms. The van der Waals surface area contributed by atoms with E-state index in [1.807, 2.05) is 0 Å². The highest BCUT2D eigenvalue weighted by molar-refractivity contribution is 7.90. The van der Waals surface area contributed by atoms with Crippen LogP contribution in [0.3, 0.4) is 0 Å². The van der Waals surface area contributed by atoms with Crippen LogP contribution in [0.1, 0.15) is 20.8 Å². The topological polar surface area (TPSA) is 104 Å². The first kappa shape index (κ1) is 14.3. The molecule has 2 atom stereocenters. The van der Waals surface area contributed by atoms with Crippen LogP contribution in [0.15, 0.2) is 0 Å². The number of carbonyl (C=O) groups is 1. The SMILES string of the molecule is CC(C)C(CO)NS(=O)(=O)C(C)C(=O)O. The molecule has 0 saturated heterocycles. The quantitative estimate of drug-likeness (QED) is 0.574. The van der Waals surface area contributed by atoms with E-state index >= 15 is 0 Å². The van der Waals surface area contributed by atoms with Gasteiger partial charge in [0, 0.05) is 6.04 Å². The molecule has 0 spiro atoms. The summed E-state index contributed by atoms with van der Waals surface area (Å²) in [5.41, 5.74) is 0. The molecule has 3 N–H and O–H groups in total. The normalized spacial score (nSPS) is 16.3. The summed E-state index contributed by atoms with van der Waals surface area (Å²) in [6, 6.07) is -0.656. The number of aliphatic carboxylic acids is 1. The van der Waals surface area contributed by atoms with Crippen LogP contribution in [0.4, 0.5) is 0 Å². The molecule has 0 aliphatic rings. The highest BCUT2D eigenvalue weighted by Crippen LogP contribution is 2.06. The lowest BCUT2D eigenvalue weighted by Crippen LogP contribution is -2.46. The average Bonchev–Trinajstić information content (AvgIpc) is 2.12. The number of aliphatic hydroxyl groups excluding tert-OH is 1. The Hall–Kier alpha value is -0.660. The van der Waals surface area contributed by atoms with Crippen LogP contribution in [0.2, 0.25) is 0 Å². The fraction of sp³-hybridized carbons (Fsp3) is 0.875. The molecular weight excluding hydrogens is 222 g/mol. The second kappa shape index (κ2) is 5.43. The van der Waals surface area contributed by atoms with Crippen molar-refractivity contribution < 1.29 is 23.4 Å². The van der Waals surface area contributed by atoms with Crippen molar-refractivity contribution in [1.29, 1.82) is 0 Å². The molecule has 0 saturated carbocycles. The van der Waals surface area contributed by atoms with Crippen LogP contribution < -0.4 is 4.72 Å². The molecule has 6 nitrogen and oxygen atoms in total. The van der Waals surface area contributed by atoms with E-state index in [2.05, 4.69) is 4.72 Å². The predicted molar refractivity (Wildman–Crippen MR) is 54.9 cm³/mol. The van der Waals surface area contributed by atoms with Crippen molar-refractivity contribution >= 4 is 16.0 Å². The third kappa shape index (κ3) is 4.15. The zero-order valence-corrected chi connectivity index (χ0v) is 9.78. The van der Waals surface area contributed by atoms with E-state index in [1.54, 1.807) is 13.8 Å². The van der Waals surface area contributed by atoms with Crippen molar-refractivity contribution in [2.75, 3.05) is 6.61 Å². The van der Waals surface area contributed by atoms with Crippen LogP contribution >= 0.6 is 0 Å². The number of nitrogens with one attached hydrogen (secondary N) is 1. The van der Waals surface area contributed by atoms with Crippen molar-refractivity contribution in [1.82, 2.24) is 4.72 Å². The van der Waals surface area contributed by atoms with Crippen LogP contribution in [-0.4, -0.2) is 42.5 Å². The van der Waals surface area contributed by atoms with Gasteiger partial charge in [0.2, 0.25) is 10.0 Å². The molecular formula is C8H17NO5S. The van der Waals surface area contributed by atoms with Crippen molar-refractivity contribution in [2.24, 2.45) is 5.92 Å².